The van der Waals surface area contributed by atoms with Gasteiger partial charge in [-0.05, 0) is 74.2 Å². The fourth-order valence-electron chi connectivity index (χ4n) is 5.84. The van der Waals surface area contributed by atoms with Crippen LogP contribution in [0.4, 0.5) is 4.39 Å². The first-order valence-electron chi connectivity index (χ1n) is 13.4. The highest BCUT2D eigenvalue weighted by Gasteiger charge is 2.27. The molecule has 0 atom stereocenters. The topological polar surface area (TPSA) is 84.2 Å². The van der Waals surface area contributed by atoms with E-state index in [1.165, 1.54) is 32.1 Å². The number of rotatable bonds is 7. The van der Waals surface area contributed by atoms with E-state index in [1.807, 2.05) is 18.5 Å². The molecule has 5 heterocycles. The van der Waals surface area contributed by atoms with Crippen molar-refractivity contribution in [2.24, 2.45) is 5.92 Å². The number of likely N-dealkylation sites (tertiary alicyclic amines) is 1. The van der Waals surface area contributed by atoms with Crippen molar-refractivity contribution in [2.75, 3.05) is 26.7 Å². The van der Waals surface area contributed by atoms with E-state index in [4.69, 9.17) is 4.74 Å². The summed E-state index contributed by atoms with van der Waals surface area (Å²) in [5.41, 5.74) is 4.99. The van der Waals surface area contributed by atoms with Crippen LogP contribution in [0, 0.1) is 11.7 Å². The third kappa shape index (κ3) is 4.50. The molecule has 4 aromatic heterocycles. The van der Waals surface area contributed by atoms with Gasteiger partial charge in [-0.15, -0.1) is 0 Å². The number of nitrogens with one attached hydrogen (secondary N) is 1. The zero-order valence-corrected chi connectivity index (χ0v) is 21.7. The molecule has 2 aliphatic rings. The fraction of sp³-hybridized carbons (Fsp3) is 0.500. The number of halogens is 1. The number of piperidine rings is 1. The number of pyridine rings is 2. The Hall–Kier alpha value is -3.33. The van der Waals surface area contributed by atoms with Gasteiger partial charge in [-0.3, -0.25) is 10.1 Å². The van der Waals surface area contributed by atoms with Crippen LogP contribution in [0.3, 0.4) is 0 Å². The lowest BCUT2D eigenvalue weighted by molar-refractivity contribution is 0.147. The van der Waals surface area contributed by atoms with Crippen molar-refractivity contribution in [1.82, 2.24) is 34.7 Å². The number of hydrogen-bond donors (Lipinski definition) is 1. The molecule has 1 aliphatic heterocycles. The minimum atomic E-state index is -0.309. The highest BCUT2D eigenvalue weighted by molar-refractivity contribution is 5.75. The number of nitrogens with zero attached hydrogens (tertiary/aromatic N) is 6. The molecule has 1 saturated carbocycles. The van der Waals surface area contributed by atoms with Crippen LogP contribution >= 0.6 is 0 Å². The van der Waals surface area contributed by atoms with E-state index in [1.54, 1.807) is 17.7 Å². The Kier molecular flexibility index (Phi) is 6.40. The van der Waals surface area contributed by atoms with E-state index < -0.39 is 0 Å². The molecule has 0 amide bonds. The van der Waals surface area contributed by atoms with Gasteiger partial charge in [0.15, 0.2) is 17.2 Å². The van der Waals surface area contributed by atoms with E-state index in [0.29, 0.717) is 28.7 Å². The Morgan fingerprint density at radius 3 is 2.59 bits per heavy atom. The molecule has 0 bridgehead atoms. The monoisotopic (exact) mass is 503 g/mol. The van der Waals surface area contributed by atoms with Crippen molar-refractivity contribution in [2.45, 2.75) is 57.8 Å². The zero-order valence-electron chi connectivity index (χ0n) is 21.7. The molecule has 0 aromatic carbocycles. The van der Waals surface area contributed by atoms with Gasteiger partial charge in [-0.2, -0.15) is 10.2 Å². The predicted octanol–water partition coefficient (Wildman–Crippen LogP) is 5.43. The van der Waals surface area contributed by atoms with E-state index in [9.17, 15) is 0 Å². The van der Waals surface area contributed by atoms with Gasteiger partial charge in [-0.1, -0.05) is 20.3 Å². The Bertz CT molecular complexity index is 1400. The first-order chi connectivity index (χ1) is 18.0. The number of ether oxygens (including phenoxy) is 1. The molecule has 0 spiro atoms. The lowest BCUT2D eigenvalue weighted by Crippen LogP contribution is -2.38. The van der Waals surface area contributed by atoms with Crippen LogP contribution in [0.15, 0.2) is 30.9 Å². The van der Waals surface area contributed by atoms with Crippen molar-refractivity contribution < 1.29 is 9.13 Å². The molecule has 9 heteroatoms. The highest BCUT2D eigenvalue weighted by atomic mass is 19.1. The summed E-state index contributed by atoms with van der Waals surface area (Å²) in [4.78, 5) is 11.5. The van der Waals surface area contributed by atoms with Crippen LogP contribution in [-0.4, -0.2) is 61.4 Å². The van der Waals surface area contributed by atoms with E-state index in [0.717, 1.165) is 54.2 Å². The molecule has 1 saturated heterocycles. The molecular formula is C28H34FN7O. The summed E-state index contributed by atoms with van der Waals surface area (Å²) in [6.07, 6.45) is 11.5. The molecular weight excluding hydrogens is 469 g/mol. The van der Waals surface area contributed by atoms with Crippen molar-refractivity contribution >= 4 is 5.65 Å². The molecule has 8 nitrogen and oxygen atoms in total. The van der Waals surface area contributed by atoms with Gasteiger partial charge in [0.1, 0.15) is 12.0 Å². The minimum Gasteiger partial charge on any atom is -0.493 e. The zero-order chi connectivity index (χ0) is 25.5. The maximum Gasteiger partial charge on any atom is 0.197 e. The van der Waals surface area contributed by atoms with Gasteiger partial charge in [0, 0.05) is 30.1 Å². The van der Waals surface area contributed by atoms with E-state index in [-0.39, 0.29) is 11.7 Å². The normalized spacial score (nSPS) is 17.5. The van der Waals surface area contributed by atoms with Crippen LogP contribution in [-0.2, 0) is 0 Å². The molecule has 1 N–H and O–H groups in total. The highest BCUT2D eigenvalue weighted by Crippen LogP contribution is 2.38. The van der Waals surface area contributed by atoms with Gasteiger partial charge in [0.2, 0.25) is 0 Å². The largest absolute Gasteiger partial charge is 0.493 e. The summed E-state index contributed by atoms with van der Waals surface area (Å²) in [6, 6.07) is 3.57. The van der Waals surface area contributed by atoms with Crippen molar-refractivity contribution in [1.29, 1.82) is 0 Å². The van der Waals surface area contributed by atoms with Crippen LogP contribution in [0.5, 0.6) is 5.75 Å². The Balaban J connectivity index is 1.27. The summed E-state index contributed by atoms with van der Waals surface area (Å²) in [5, 5.41) is 11.9. The number of H-pyrrole nitrogens is 1. The average Bonchev–Trinajstić information content (AvgIpc) is 3.53. The van der Waals surface area contributed by atoms with Gasteiger partial charge in [0.05, 0.1) is 18.5 Å². The summed E-state index contributed by atoms with van der Waals surface area (Å²) in [6.45, 7) is 7.56. The Morgan fingerprint density at radius 1 is 1.11 bits per heavy atom. The summed E-state index contributed by atoms with van der Waals surface area (Å²) < 4.78 is 22.8. The van der Waals surface area contributed by atoms with E-state index in [2.05, 4.69) is 44.0 Å². The number of aromatic nitrogens is 6. The second kappa shape index (κ2) is 9.85. The van der Waals surface area contributed by atoms with Crippen molar-refractivity contribution in [3.8, 4) is 28.4 Å². The van der Waals surface area contributed by atoms with Gasteiger partial charge >= 0.3 is 0 Å². The molecule has 6 rings (SSSR count). The van der Waals surface area contributed by atoms with Gasteiger partial charge < -0.3 is 9.64 Å². The summed E-state index contributed by atoms with van der Waals surface area (Å²) >= 11 is 0. The third-order valence-electron chi connectivity index (χ3n) is 8.12. The van der Waals surface area contributed by atoms with Crippen LogP contribution in [0.2, 0.25) is 0 Å². The quantitative estimate of drug-likeness (QED) is 0.362. The lowest BCUT2D eigenvalue weighted by Gasteiger charge is -2.37. The second-order valence-corrected chi connectivity index (χ2v) is 10.8. The van der Waals surface area contributed by atoms with Gasteiger partial charge in [-0.25, -0.2) is 13.9 Å². The number of aromatic amines is 1. The van der Waals surface area contributed by atoms with Crippen LogP contribution in [0.25, 0.3) is 28.3 Å². The molecule has 37 heavy (non-hydrogen) atoms. The molecule has 0 radical (unpaired) electrons. The summed E-state index contributed by atoms with van der Waals surface area (Å²) in [7, 11) is 1.60. The maximum absolute atomic E-state index is 15.6. The maximum atomic E-state index is 15.6. The lowest BCUT2D eigenvalue weighted by atomic mass is 9.84. The standard InChI is InChI=1S/C28H34FN7O/c1-17(2)24-25(21-12-23(37-3)28-31-16-32-36(28)15-21)33-34-27(24)26-22(29)11-20(13-30-26)19-7-9-35(10-8-19)14-18-5-4-6-18/h11-13,15-19H,4-10,14H2,1-3H3,(H,33,34). The number of methoxy groups -OCH3 is 1. The average molecular weight is 504 g/mol. The third-order valence-corrected chi connectivity index (χ3v) is 8.12. The predicted molar refractivity (Wildman–Crippen MR) is 140 cm³/mol. The number of hydrogen-bond acceptors (Lipinski definition) is 6. The molecule has 194 valence electrons. The molecule has 0 unspecified atom stereocenters. The smallest absolute Gasteiger partial charge is 0.197 e. The summed E-state index contributed by atoms with van der Waals surface area (Å²) in [5.74, 6) is 1.63. The Labute approximate surface area is 216 Å². The van der Waals surface area contributed by atoms with E-state index >= 15 is 4.39 Å². The molecule has 4 aromatic rings. The van der Waals surface area contributed by atoms with Gasteiger partial charge in [0.25, 0.3) is 0 Å². The van der Waals surface area contributed by atoms with Crippen molar-refractivity contribution in [3.05, 3.63) is 47.8 Å². The molecule has 2 fully saturated rings. The fourth-order valence-corrected chi connectivity index (χ4v) is 5.84. The minimum absolute atomic E-state index is 0.0852. The molecule has 1 aliphatic carbocycles. The van der Waals surface area contributed by atoms with Crippen LogP contribution < -0.4 is 4.74 Å². The SMILES string of the molecule is COc1cc(-c2n[nH]c(-c3ncc(C4CCN(CC5CCC5)CC4)cc3F)c2C(C)C)cn2ncnc12. The Morgan fingerprint density at radius 2 is 1.92 bits per heavy atom. The number of fused-ring (bicyclic) bond motifs is 1. The van der Waals surface area contributed by atoms with Crippen molar-refractivity contribution in [3.63, 3.8) is 0 Å². The first-order valence-corrected chi connectivity index (χ1v) is 13.4. The first kappa shape index (κ1) is 24.0. The van der Waals surface area contributed by atoms with Crippen LogP contribution in [0.1, 0.15) is 68.9 Å². The second-order valence-electron chi connectivity index (χ2n) is 10.8.